The summed E-state index contributed by atoms with van der Waals surface area (Å²) in [5, 5.41) is 10.8. The van der Waals surface area contributed by atoms with Crippen molar-refractivity contribution in [2.45, 2.75) is 43.5 Å². The SMILES string of the molecule is Cc1nc(CN2CCCC(C)(c3[nH]ncc3S(C)(=O)=O)C2)no1. The molecular weight excluding hydrogens is 318 g/mol. The molecule has 1 N–H and O–H groups in total. The van der Waals surface area contributed by atoms with Gasteiger partial charge in [-0.3, -0.25) is 10.00 Å². The van der Waals surface area contributed by atoms with Gasteiger partial charge in [0.25, 0.3) is 0 Å². The van der Waals surface area contributed by atoms with Crippen molar-refractivity contribution in [2.24, 2.45) is 0 Å². The fourth-order valence-corrected chi connectivity index (χ4v) is 4.18. The Bertz CT molecular complexity index is 797. The molecule has 0 radical (unpaired) electrons. The zero-order chi connectivity index (χ0) is 16.7. The summed E-state index contributed by atoms with van der Waals surface area (Å²) < 4.78 is 28.9. The average molecular weight is 339 g/mol. The van der Waals surface area contributed by atoms with Crippen LogP contribution in [0.15, 0.2) is 15.6 Å². The van der Waals surface area contributed by atoms with E-state index in [9.17, 15) is 8.42 Å². The number of aromatic amines is 1. The van der Waals surface area contributed by atoms with Gasteiger partial charge in [-0.1, -0.05) is 12.1 Å². The number of likely N-dealkylation sites (tertiary alicyclic amines) is 1. The van der Waals surface area contributed by atoms with Crippen LogP contribution in [0.2, 0.25) is 0 Å². The first-order chi connectivity index (χ1) is 10.8. The number of nitrogens with one attached hydrogen (secondary N) is 1. The molecule has 1 unspecified atom stereocenters. The Balaban J connectivity index is 1.83. The van der Waals surface area contributed by atoms with Crippen molar-refractivity contribution in [3.8, 4) is 0 Å². The first kappa shape index (κ1) is 16.1. The van der Waals surface area contributed by atoms with Gasteiger partial charge in [0.15, 0.2) is 15.7 Å². The zero-order valence-corrected chi connectivity index (χ0v) is 14.4. The highest BCUT2D eigenvalue weighted by Crippen LogP contribution is 2.36. The number of aryl methyl sites for hydroxylation is 1. The van der Waals surface area contributed by atoms with Crippen molar-refractivity contribution in [1.82, 2.24) is 25.2 Å². The summed E-state index contributed by atoms with van der Waals surface area (Å²) in [4.78, 5) is 6.75. The van der Waals surface area contributed by atoms with Crippen LogP contribution in [0.1, 0.15) is 37.2 Å². The number of piperidine rings is 1. The molecule has 0 bridgehead atoms. The molecule has 0 amide bonds. The average Bonchev–Trinajstić information content (AvgIpc) is 3.07. The molecule has 3 rings (SSSR count). The number of hydrogen-bond donors (Lipinski definition) is 1. The zero-order valence-electron chi connectivity index (χ0n) is 13.5. The maximum absolute atomic E-state index is 12.0. The number of H-pyrrole nitrogens is 1. The van der Waals surface area contributed by atoms with Gasteiger partial charge >= 0.3 is 0 Å². The molecule has 1 atom stereocenters. The Hall–Kier alpha value is -1.74. The summed E-state index contributed by atoms with van der Waals surface area (Å²) in [7, 11) is -3.30. The first-order valence-electron chi connectivity index (χ1n) is 7.53. The minimum absolute atomic E-state index is 0.289. The number of aromatic nitrogens is 4. The predicted octanol–water partition coefficient (Wildman–Crippen LogP) is 1.06. The van der Waals surface area contributed by atoms with E-state index in [2.05, 4.69) is 32.2 Å². The van der Waals surface area contributed by atoms with Crippen molar-refractivity contribution in [2.75, 3.05) is 19.3 Å². The molecule has 0 aromatic carbocycles. The summed E-state index contributed by atoms with van der Waals surface area (Å²) in [6.45, 7) is 6.06. The van der Waals surface area contributed by atoms with E-state index in [1.807, 2.05) is 0 Å². The lowest BCUT2D eigenvalue weighted by Gasteiger charge is -2.39. The summed E-state index contributed by atoms with van der Waals surface area (Å²) in [5.41, 5.74) is 0.389. The lowest BCUT2D eigenvalue weighted by Crippen LogP contribution is -2.44. The van der Waals surface area contributed by atoms with Crippen molar-refractivity contribution in [1.29, 1.82) is 0 Å². The molecule has 3 heterocycles. The van der Waals surface area contributed by atoms with Gasteiger partial charge in [0.05, 0.1) is 18.4 Å². The van der Waals surface area contributed by atoms with Gasteiger partial charge in [-0.15, -0.1) is 0 Å². The molecule has 0 aliphatic carbocycles. The van der Waals surface area contributed by atoms with Crippen molar-refractivity contribution in [3.05, 3.63) is 23.6 Å². The van der Waals surface area contributed by atoms with Gasteiger partial charge < -0.3 is 4.52 Å². The fourth-order valence-electron chi connectivity index (χ4n) is 3.28. The maximum atomic E-state index is 12.0. The van der Waals surface area contributed by atoms with Crippen molar-refractivity contribution < 1.29 is 12.9 Å². The second kappa shape index (κ2) is 5.72. The highest BCUT2D eigenvalue weighted by atomic mass is 32.2. The maximum Gasteiger partial charge on any atom is 0.223 e. The second-order valence-electron chi connectivity index (χ2n) is 6.49. The van der Waals surface area contributed by atoms with Gasteiger partial charge in [-0.25, -0.2) is 8.42 Å². The van der Waals surface area contributed by atoms with Crippen LogP contribution in [0, 0.1) is 6.92 Å². The van der Waals surface area contributed by atoms with E-state index in [-0.39, 0.29) is 10.3 Å². The van der Waals surface area contributed by atoms with Crippen LogP contribution < -0.4 is 0 Å². The Labute approximate surface area is 135 Å². The van der Waals surface area contributed by atoms with E-state index in [1.165, 1.54) is 12.5 Å². The monoisotopic (exact) mass is 339 g/mol. The molecular formula is C14H21N5O3S. The van der Waals surface area contributed by atoms with Crippen LogP contribution in [0.3, 0.4) is 0 Å². The number of nitrogens with zero attached hydrogens (tertiary/aromatic N) is 4. The van der Waals surface area contributed by atoms with Gasteiger partial charge in [-0.05, 0) is 19.4 Å². The Morgan fingerprint density at radius 3 is 2.91 bits per heavy atom. The molecule has 9 heteroatoms. The Morgan fingerprint density at radius 1 is 1.48 bits per heavy atom. The lowest BCUT2D eigenvalue weighted by molar-refractivity contribution is 0.141. The predicted molar refractivity (Wildman–Crippen MR) is 82.6 cm³/mol. The third-order valence-corrected chi connectivity index (χ3v) is 5.43. The van der Waals surface area contributed by atoms with E-state index in [1.54, 1.807) is 6.92 Å². The molecule has 2 aromatic rings. The quantitative estimate of drug-likeness (QED) is 0.888. The van der Waals surface area contributed by atoms with Crippen LogP contribution in [0.25, 0.3) is 0 Å². The van der Waals surface area contributed by atoms with Crippen LogP contribution in [0.4, 0.5) is 0 Å². The number of rotatable bonds is 4. The van der Waals surface area contributed by atoms with E-state index in [4.69, 9.17) is 4.52 Å². The summed E-state index contributed by atoms with van der Waals surface area (Å²) in [6.07, 6.45) is 4.49. The summed E-state index contributed by atoms with van der Waals surface area (Å²) in [6, 6.07) is 0. The van der Waals surface area contributed by atoms with Crippen LogP contribution in [0.5, 0.6) is 0 Å². The molecule has 23 heavy (non-hydrogen) atoms. The smallest absolute Gasteiger partial charge is 0.223 e. The van der Waals surface area contributed by atoms with Crippen LogP contribution in [-0.2, 0) is 21.8 Å². The molecule has 0 spiro atoms. The second-order valence-corrected chi connectivity index (χ2v) is 8.47. The van der Waals surface area contributed by atoms with Gasteiger partial charge in [0.2, 0.25) is 5.89 Å². The van der Waals surface area contributed by atoms with E-state index in [0.717, 1.165) is 19.4 Å². The number of hydrogen-bond acceptors (Lipinski definition) is 7. The molecule has 1 aliphatic rings. The van der Waals surface area contributed by atoms with Gasteiger partial charge in [0.1, 0.15) is 4.90 Å². The van der Waals surface area contributed by atoms with Gasteiger partial charge in [0, 0.05) is 25.1 Å². The minimum Gasteiger partial charge on any atom is -0.340 e. The minimum atomic E-state index is -3.30. The van der Waals surface area contributed by atoms with Crippen molar-refractivity contribution >= 4 is 9.84 Å². The van der Waals surface area contributed by atoms with Gasteiger partial charge in [-0.2, -0.15) is 10.1 Å². The van der Waals surface area contributed by atoms with Crippen LogP contribution >= 0.6 is 0 Å². The topological polar surface area (TPSA) is 105 Å². The highest BCUT2D eigenvalue weighted by molar-refractivity contribution is 7.90. The molecule has 1 saturated heterocycles. The number of sulfone groups is 1. The molecule has 2 aromatic heterocycles. The Kier molecular flexibility index (Phi) is 4.01. The largest absolute Gasteiger partial charge is 0.340 e. The third kappa shape index (κ3) is 3.30. The van der Waals surface area contributed by atoms with E-state index < -0.39 is 9.84 Å². The van der Waals surface area contributed by atoms with E-state index >= 15 is 0 Å². The summed E-state index contributed by atoms with van der Waals surface area (Å²) >= 11 is 0. The first-order valence-corrected chi connectivity index (χ1v) is 9.42. The molecule has 1 fully saturated rings. The van der Waals surface area contributed by atoms with Crippen LogP contribution in [-0.4, -0.2) is 53.0 Å². The fraction of sp³-hybridized carbons (Fsp3) is 0.643. The standard InChI is InChI=1S/C14H21N5O3S/c1-10-16-12(18-22-10)8-19-6-4-5-14(2,9-19)13-11(7-15-17-13)23(3,20)21/h7H,4-6,8-9H2,1-3H3,(H,15,17). The third-order valence-electron chi connectivity index (χ3n) is 4.32. The molecule has 126 valence electrons. The molecule has 8 nitrogen and oxygen atoms in total. The van der Waals surface area contributed by atoms with Crippen molar-refractivity contribution in [3.63, 3.8) is 0 Å². The van der Waals surface area contributed by atoms with E-state index in [0.29, 0.717) is 30.5 Å². The molecule has 0 saturated carbocycles. The normalized spacial score (nSPS) is 23.3. The lowest BCUT2D eigenvalue weighted by atomic mass is 9.79. The Morgan fingerprint density at radius 2 is 2.26 bits per heavy atom. The summed E-state index contributed by atoms with van der Waals surface area (Å²) in [5.74, 6) is 1.20. The highest BCUT2D eigenvalue weighted by Gasteiger charge is 2.38. The molecule has 1 aliphatic heterocycles.